The lowest BCUT2D eigenvalue weighted by molar-refractivity contribution is -0.137. The van der Waals surface area contributed by atoms with Gasteiger partial charge >= 0.3 is 6.18 Å². The SMILES string of the molecule is Fc1cc(C(F)(F)F)ccc1N1CCCC1CCCCl. The van der Waals surface area contributed by atoms with Gasteiger partial charge in [0.1, 0.15) is 5.82 Å². The Morgan fingerprint density at radius 3 is 2.65 bits per heavy atom. The molecule has 0 bridgehead atoms. The van der Waals surface area contributed by atoms with Crippen LogP contribution in [0, 0.1) is 5.82 Å². The van der Waals surface area contributed by atoms with Crippen LogP contribution in [0.3, 0.4) is 0 Å². The Labute approximate surface area is 120 Å². The zero-order valence-corrected chi connectivity index (χ0v) is 11.6. The molecule has 1 saturated heterocycles. The monoisotopic (exact) mass is 309 g/mol. The molecule has 0 spiro atoms. The Hall–Kier alpha value is -0.970. The number of alkyl halides is 4. The fourth-order valence-corrected chi connectivity index (χ4v) is 2.84. The third kappa shape index (κ3) is 3.37. The minimum Gasteiger partial charge on any atom is -0.366 e. The van der Waals surface area contributed by atoms with Gasteiger partial charge in [0.15, 0.2) is 0 Å². The molecule has 1 nitrogen and oxygen atoms in total. The quantitative estimate of drug-likeness (QED) is 0.568. The van der Waals surface area contributed by atoms with Gasteiger partial charge in [-0.25, -0.2) is 4.39 Å². The maximum absolute atomic E-state index is 14.0. The van der Waals surface area contributed by atoms with Crippen molar-refractivity contribution < 1.29 is 17.6 Å². The molecule has 1 atom stereocenters. The number of rotatable bonds is 4. The second kappa shape index (κ2) is 6.20. The van der Waals surface area contributed by atoms with Gasteiger partial charge in [-0.15, -0.1) is 11.6 Å². The van der Waals surface area contributed by atoms with Crippen LogP contribution in [-0.4, -0.2) is 18.5 Å². The predicted molar refractivity (Wildman–Crippen MR) is 71.7 cm³/mol. The van der Waals surface area contributed by atoms with Crippen LogP contribution >= 0.6 is 11.6 Å². The Kier molecular flexibility index (Phi) is 4.78. The molecule has 6 heteroatoms. The third-order valence-electron chi connectivity index (χ3n) is 3.63. The number of hydrogen-bond acceptors (Lipinski definition) is 1. The first-order chi connectivity index (χ1) is 9.43. The first kappa shape index (κ1) is 15.4. The van der Waals surface area contributed by atoms with Gasteiger partial charge in [-0.1, -0.05) is 0 Å². The van der Waals surface area contributed by atoms with E-state index in [9.17, 15) is 17.6 Å². The van der Waals surface area contributed by atoms with Crippen LogP contribution in [0.5, 0.6) is 0 Å². The van der Waals surface area contributed by atoms with E-state index in [4.69, 9.17) is 11.6 Å². The Morgan fingerprint density at radius 2 is 2.05 bits per heavy atom. The molecule has 0 aliphatic carbocycles. The van der Waals surface area contributed by atoms with E-state index in [0.717, 1.165) is 31.7 Å². The summed E-state index contributed by atoms with van der Waals surface area (Å²) in [6, 6.07) is 2.92. The van der Waals surface area contributed by atoms with E-state index in [2.05, 4.69) is 0 Å². The van der Waals surface area contributed by atoms with Crippen molar-refractivity contribution in [1.29, 1.82) is 0 Å². The fourth-order valence-electron chi connectivity index (χ4n) is 2.68. The van der Waals surface area contributed by atoms with E-state index >= 15 is 0 Å². The van der Waals surface area contributed by atoms with Gasteiger partial charge in [-0.05, 0) is 43.9 Å². The Balaban J connectivity index is 2.20. The molecule has 0 amide bonds. The van der Waals surface area contributed by atoms with Gasteiger partial charge in [-0.3, -0.25) is 0 Å². The van der Waals surface area contributed by atoms with Crippen molar-refractivity contribution in [3.8, 4) is 0 Å². The van der Waals surface area contributed by atoms with Gasteiger partial charge in [0, 0.05) is 18.5 Å². The predicted octanol–water partition coefficient (Wildman–Crippen LogP) is 4.83. The molecule has 1 aromatic rings. The summed E-state index contributed by atoms with van der Waals surface area (Å²) in [5.41, 5.74) is -0.690. The Morgan fingerprint density at radius 1 is 1.30 bits per heavy atom. The smallest absolute Gasteiger partial charge is 0.366 e. The summed E-state index contributed by atoms with van der Waals surface area (Å²) in [7, 11) is 0. The zero-order valence-electron chi connectivity index (χ0n) is 10.9. The summed E-state index contributed by atoms with van der Waals surface area (Å²) in [6.07, 6.45) is -0.998. The topological polar surface area (TPSA) is 3.24 Å². The van der Waals surface area contributed by atoms with Crippen LogP contribution in [0.4, 0.5) is 23.2 Å². The molecule has 1 aliphatic rings. The minimum atomic E-state index is -4.51. The second-order valence-corrected chi connectivity index (χ2v) is 5.36. The van der Waals surface area contributed by atoms with Gasteiger partial charge in [0.05, 0.1) is 11.3 Å². The molecular weight excluding hydrogens is 294 g/mol. The molecule has 0 radical (unpaired) electrons. The standard InChI is InChI=1S/C14H16ClF4N/c15-7-1-3-11-4-2-8-20(11)13-6-5-10(9-12(13)16)14(17,18)19/h5-6,9,11H,1-4,7-8H2. The van der Waals surface area contributed by atoms with Crippen molar-refractivity contribution in [3.05, 3.63) is 29.6 Å². The second-order valence-electron chi connectivity index (χ2n) is 4.98. The summed E-state index contributed by atoms with van der Waals surface area (Å²) in [6.45, 7) is 0.676. The highest BCUT2D eigenvalue weighted by atomic mass is 35.5. The van der Waals surface area contributed by atoms with Gasteiger partial charge in [0.2, 0.25) is 0 Å². The summed E-state index contributed by atoms with van der Waals surface area (Å²) in [4.78, 5) is 1.86. The van der Waals surface area contributed by atoms with Gasteiger partial charge < -0.3 is 4.90 Å². The summed E-state index contributed by atoms with van der Waals surface area (Å²) >= 11 is 5.66. The van der Waals surface area contributed by atoms with E-state index < -0.39 is 17.6 Å². The van der Waals surface area contributed by atoms with Crippen LogP contribution < -0.4 is 4.90 Å². The lowest BCUT2D eigenvalue weighted by atomic mass is 10.1. The minimum absolute atomic E-state index is 0.167. The van der Waals surface area contributed by atoms with Crippen molar-refractivity contribution in [1.82, 2.24) is 0 Å². The highest BCUT2D eigenvalue weighted by molar-refractivity contribution is 6.17. The van der Waals surface area contributed by atoms with Crippen molar-refractivity contribution >= 4 is 17.3 Å². The molecule has 1 fully saturated rings. The molecule has 0 aromatic heterocycles. The molecule has 1 aliphatic heterocycles. The fraction of sp³-hybridized carbons (Fsp3) is 0.571. The number of hydrogen-bond donors (Lipinski definition) is 0. The normalized spacial score (nSPS) is 19.6. The molecular formula is C14H16ClF4N. The Bertz CT molecular complexity index is 461. The average Bonchev–Trinajstić information content (AvgIpc) is 2.83. The molecule has 2 rings (SSSR count). The van der Waals surface area contributed by atoms with Crippen molar-refractivity contribution in [2.75, 3.05) is 17.3 Å². The van der Waals surface area contributed by atoms with Crippen LogP contribution in [-0.2, 0) is 6.18 Å². The van der Waals surface area contributed by atoms with E-state index in [1.807, 2.05) is 4.90 Å². The first-order valence-corrected chi connectivity index (χ1v) is 7.16. The average molecular weight is 310 g/mol. The number of halogens is 5. The van der Waals surface area contributed by atoms with Crippen molar-refractivity contribution in [2.45, 2.75) is 37.9 Å². The summed E-state index contributed by atoms with van der Waals surface area (Å²) < 4.78 is 51.5. The third-order valence-corrected chi connectivity index (χ3v) is 3.90. The van der Waals surface area contributed by atoms with Gasteiger partial charge in [-0.2, -0.15) is 13.2 Å². The number of anilines is 1. The number of benzene rings is 1. The van der Waals surface area contributed by atoms with Crippen LogP contribution in [0.2, 0.25) is 0 Å². The first-order valence-electron chi connectivity index (χ1n) is 6.63. The van der Waals surface area contributed by atoms with Crippen LogP contribution in [0.1, 0.15) is 31.2 Å². The highest BCUT2D eigenvalue weighted by Crippen LogP contribution is 2.35. The maximum Gasteiger partial charge on any atom is 0.416 e. The van der Waals surface area contributed by atoms with Crippen LogP contribution in [0.15, 0.2) is 18.2 Å². The summed E-state index contributed by atoms with van der Waals surface area (Å²) in [5.74, 6) is -0.266. The number of nitrogens with zero attached hydrogens (tertiary/aromatic N) is 1. The van der Waals surface area contributed by atoms with Crippen molar-refractivity contribution in [3.63, 3.8) is 0 Å². The molecule has 0 saturated carbocycles. The van der Waals surface area contributed by atoms with E-state index in [-0.39, 0.29) is 11.7 Å². The molecule has 1 aromatic carbocycles. The van der Waals surface area contributed by atoms with E-state index in [1.54, 1.807) is 0 Å². The lowest BCUT2D eigenvalue weighted by Crippen LogP contribution is -2.30. The molecule has 20 heavy (non-hydrogen) atoms. The van der Waals surface area contributed by atoms with Crippen LogP contribution in [0.25, 0.3) is 0 Å². The molecule has 112 valence electrons. The van der Waals surface area contributed by atoms with Crippen molar-refractivity contribution in [2.24, 2.45) is 0 Å². The summed E-state index contributed by atoms with van der Waals surface area (Å²) in [5, 5.41) is 0. The van der Waals surface area contributed by atoms with E-state index in [0.29, 0.717) is 18.5 Å². The largest absolute Gasteiger partial charge is 0.416 e. The lowest BCUT2D eigenvalue weighted by Gasteiger charge is -2.27. The molecule has 0 N–H and O–H groups in total. The highest BCUT2D eigenvalue weighted by Gasteiger charge is 2.33. The van der Waals surface area contributed by atoms with Gasteiger partial charge in [0.25, 0.3) is 0 Å². The molecule has 1 unspecified atom stereocenters. The zero-order chi connectivity index (χ0) is 14.8. The maximum atomic E-state index is 14.0. The van der Waals surface area contributed by atoms with E-state index in [1.165, 1.54) is 6.07 Å². The molecule has 1 heterocycles.